The van der Waals surface area contributed by atoms with Gasteiger partial charge in [-0.2, -0.15) is 11.8 Å². The van der Waals surface area contributed by atoms with Crippen molar-refractivity contribution in [2.24, 2.45) is 5.73 Å². The van der Waals surface area contributed by atoms with Crippen LogP contribution >= 0.6 is 11.8 Å². The van der Waals surface area contributed by atoms with E-state index < -0.39 is 0 Å². The minimum Gasteiger partial charge on any atom is -0.348 e. The van der Waals surface area contributed by atoms with Gasteiger partial charge in [0.1, 0.15) is 0 Å². The molecule has 20 heavy (non-hydrogen) atoms. The Bertz CT molecular complexity index is 392. The van der Waals surface area contributed by atoms with Gasteiger partial charge >= 0.3 is 0 Å². The molecule has 0 aliphatic heterocycles. The summed E-state index contributed by atoms with van der Waals surface area (Å²) in [5, 5.41) is 3.01. The number of rotatable bonds is 9. The molecular weight excluding hydrogens is 268 g/mol. The first-order valence-electron chi connectivity index (χ1n) is 7.38. The van der Waals surface area contributed by atoms with Crippen LogP contribution in [0.2, 0.25) is 0 Å². The standard InChI is InChI=1S/C16H26N2OS/c1-3-5-6-15(11-17)18-16(19)14-9-7-13(8-10-14)12-20-4-2/h7-10,15H,3-6,11-12,17H2,1-2H3,(H,18,19). The third-order valence-electron chi connectivity index (χ3n) is 3.21. The van der Waals surface area contributed by atoms with E-state index in [4.69, 9.17) is 5.73 Å². The molecule has 1 aromatic rings. The van der Waals surface area contributed by atoms with Crippen molar-refractivity contribution in [3.63, 3.8) is 0 Å². The van der Waals surface area contributed by atoms with Gasteiger partial charge < -0.3 is 11.1 Å². The van der Waals surface area contributed by atoms with Gasteiger partial charge in [-0.15, -0.1) is 0 Å². The van der Waals surface area contributed by atoms with Crippen LogP contribution in [0.15, 0.2) is 24.3 Å². The third kappa shape index (κ3) is 5.97. The van der Waals surface area contributed by atoms with Crippen LogP contribution in [0.3, 0.4) is 0 Å². The van der Waals surface area contributed by atoms with Crippen LogP contribution in [-0.2, 0) is 5.75 Å². The second-order valence-corrected chi connectivity index (χ2v) is 6.16. The van der Waals surface area contributed by atoms with E-state index in [1.54, 1.807) is 0 Å². The largest absolute Gasteiger partial charge is 0.348 e. The average Bonchev–Trinajstić information content (AvgIpc) is 2.49. The quantitative estimate of drug-likeness (QED) is 0.735. The molecule has 0 saturated heterocycles. The fourth-order valence-electron chi connectivity index (χ4n) is 1.94. The van der Waals surface area contributed by atoms with E-state index in [1.165, 1.54) is 5.56 Å². The van der Waals surface area contributed by atoms with Gasteiger partial charge in [-0.1, -0.05) is 38.8 Å². The second kappa shape index (κ2) is 9.83. The zero-order chi connectivity index (χ0) is 14.8. The molecule has 0 aromatic heterocycles. The molecule has 1 unspecified atom stereocenters. The molecule has 0 aliphatic carbocycles. The van der Waals surface area contributed by atoms with Gasteiger partial charge in [-0.25, -0.2) is 0 Å². The van der Waals surface area contributed by atoms with E-state index in [0.717, 1.165) is 30.8 Å². The fourth-order valence-corrected chi connectivity index (χ4v) is 2.57. The fraction of sp³-hybridized carbons (Fsp3) is 0.562. The minimum absolute atomic E-state index is 0.0220. The molecule has 1 rings (SSSR count). The molecule has 1 atom stereocenters. The molecule has 0 saturated carbocycles. The van der Waals surface area contributed by atoms with Crippen molar-refractivity contribution in [1.82, 2.24) is 5.32 Å². The lowest BCUT2D eigenvalue weighted by atomic mass is 10.1. The van der Waals surface area contributed by atoms with Gasteiger partial charge in [0.05, 0.1) is 0 Å². The smallest absolute Gasteiger partial charge is 0.251 e. The van der Waals surface area contributed by atoms with Crippen molar-refractivity contribution in [3.05, 3.63) is 35.4 Å². The monoisotopic (exact) mass is 294 g/mol. The van der Waals surface area contributed by atoms with E-state index in [9.17, 15) is 4.79 Å². The molecule has 0 fully saturated rings. The Morgan fingerprint density at radius 2 is 2.00 bits per heavy atom. The molecule has 4 heteroatoms. The van der Waals surface area contributed by atoms with Gasteiger partial charge in [0.2, 0.25) is 0 Å². The zero-order valence-electron chi connectivity index (χ0n) is 12.5. The Morgan fingerprint density at radius 1 is 1.30 bits per heavy atom. The molecule has 1 amide bonds. The lowest BCUT2D eigenvalue weighted by Gasteiger charge is -2.16. The number of carbonyl (C=O) groups excluding carboxylic acids is 1. The summed E-state index contributed by atoms with van der Waals surface area (Å²) in [6, 6.07) is 7.93. The summed E-state index contributed by atoms with van der Waals surface area (Å²) < 4.78 is 0. The molecule has 3 nitrogen and oxygen atoms in total. The van der Waals surface area contributed by atoms with Crippen molar-refractivity contribution in [2.75, 3.05) is 12.3 Å². The topological polar surface area (TPSA) is 55.1 Å². The number of hydrogen-bond donors (Lipinski definition) is 2. The Hall–Kier alpha value is -1.00. The summed E-state index contributed by atoms with van der Waals surface area (Å²) in [6.45, 7) is 4.79. The number of amides is 1. The van der Waals surface area contributed by atoms with Crippen LogP contribution in [0.25, 0.3) is 0 Å². The van der Waals surface area contributed by atoms with E-state index >= 15 is 0 Å². The van der Waals surface area contributed by atoms with Crippen molar-refractivity contribution in [3.8, 4) is 0 Å². The number of carbonyl (C=O) groups is 1. The first kappa shape index (κ1) is 17.1. The maximum Gasteiger partial charge on any atom is 0.251 e. The highest BCUT2D eigenvalue weighted by atomic mass is 32.2. The average molecular weight is 294 g/mol. The highest BCUT2D eigenvalue weighted by Crippen LogP contribution is 2.13. The second-order valence-electron chi connectivity index (χ2n) is 4.88. The van der Waals surface area contributed by atoms with Gasteiger partial charge in [-0.3, -0.25) is 4.79 Å². The molecule has 0 heterocycles. The summed E-state index contributed by atoms with van der Waals surface area (Å²) in [5.74, 6) is 2.09. The zero-order valence-corrected chi connectivity index (χ0v) is 13.3. The summed E-state index contributed by atoms with van der Waals surface area (Å²) in [4.78, 5) is 12.1. The number of hydrogen-bond acceptors (Lipinski definition) is 3. The normalized spacial score (nSPS) is 12.2. The summed E-state index contributed by atoms with van der Waals surface area (Å²) in [6.07, 6.45) is 3.16. The Morgan fingerprint density at radius 3 is 2.55 bits per heavy atom. The Labute approximate surface area is 126 Å². The lowest BCUT2D eigenvalue weighted by Crippen LogP contribution is -2.40. The van der Waals surface area contributed by atoms with Crippen LogP contribution in [0.4, 0.5) is 0 Å². The highest BCUT2D eigenvalue weighted by Gasteiger charge is 2.11. The predicted octanol–water partition coefficient (Wildman–Crippen LogP) is 3.19. The van der Waals surface area contributed by atoms with Gasteiger partial charge in [0, 0.05) is 23.9 Å². The molecular formula is C16H26N2OS. The van der Waals surface area contributed by atoms with Crippen LogP contribution < -0.4 is 11.1 Å². The van der Waals surface area contributed by atoms with E-state index in [-0.39, 0.29) is 11.9 Å². The van der Waals surface area contributed by atoms with E-state index in [0.29, 0.717) is 12.1 Å². The molecule has 1 aromatic carbocycles. The highest BCUT2D eigenvalue weighted by molar-refractivity contribution is 7.98. The van der Waals surface area contributed by atoms with E-state index in [2.05, 4.69) is 19.2 Å². The number of benzene rings is 1. The first-order valence-corrected chi connectivity index (χ1v) is 8.54. The van der Waals surface area contributed by atoms with Crippen molar-refractivity contribution < 1.29 is 4.79 Å². The van der Waals surface area contributed by atoms with Crippen molar-refractivity contribution >= 4 is 17.7 Å². The Balaban J connectivity index is 2.53. The number of thioether (sulfide) groups is 1. The summed E-state index contributed by atoms with van der Waals surface area (Å²) >= 11 is 1.88. The van der Waals surface area contributed by atoms with Gasteiger partial charge in [0.15, 0.2) is 0 Å². The molecule has 0 radical (unpaired) electrons. The van der Waals surface area contributed by atoms with Crippen LogP contribution in [-0.4, -0.2) is 24.2 Å². The molecule has 0 spiro atoms. The van der Waals surface area contributed by atoms with Crippen LogP contribution in [0, 0.1) is 0 Å². The number of nitrogens with two attached hydrogens (primary N) is 1. The summed E-state index contributed by atoms with van der Waals surface area (Å²) in [5.41, 5.74) is 7.67. The van der Waals surface area contributed by atoms with Gasteiger partial charge in [-0.05, 0) is 29.9 Å². The SMILES string of the molecule is CCCCC(CN)NC(=O)c1ccc(CSCC)cc1. The number of unbranched alkanes of at least 4 members (excludes halogenated alkanes) is 1. The first-order chi connectivity index (χ1) is 9.71. The maximum atomic E-state index is 12.1. The lowest BCUT2D eigenvalue weighted by molar-refractivity contribution is 0.0936. The maximum absolute atomic E-state index is 12.1. The van der Waals surface area contributed by atoms with Crippen molar-refractivity contribution in [2.45, 2.75) is 44.9 Å². The predicted molar refractivity (Wildman–Crippen MR) is 88.1 cm³/mol. The number of nitrogens with one attached hydrogen (secondary N) is 1. The minimum atomic E-state index is -0.0220. The van der Waals surface area contributed by atoms with Crippen LogP contribution in [0.1, 0.15) is 49.0 Å². The molecule has 0 bridgehead atoms. The third-order valence-corrected chi connectivity index (χ3v) is 4.16. The Kier molecular flexibility index (Phi) is 8.38. The van der Waals surface area contributed by atoms with Gasteiger partial charge in [0.25, 0.3) is 5.91 Å². The summed E-state index contributed by atoms with van der Waals surface area (Å²) in [7, 11) is 0. The molecule has 0 aliphatic rings. The van der Waals surface area contributed by atoms with Crippen molar-refractivity contribution in [1.29, 1.82) is 0 Å². The molecule has 3 N–H and O–H groups in total. The van der Waals surface area contributed by atoms with E-state index in [1.807, 2.05) is 36.0 Å². The van der Waals surface area contributed by atoms with Crippen LogP contribution in [0.5, 0.6) is 0 Å². The molecule has 112 valence electrons.